The standard InChI is InChI=1S/C23H13Cl5FN3O4/c24-11-5-10(6-12(25)7-11)19-20(23(19,27)28)22(34)30-13-1-3-16(26)15(8-13)21(33)31-18-4-2-14(32(35)36)9-17(18)29/h1-9,19-20H,(H,30,34)(H,31,33). The molecule has 7 nitrogen and oxygen atoms in total. The number of benzene rings is 3. The van der Waals surface area contributed by atoms with Crippen LogP contribution >= 0.6 is 58.0 Å². The van der Waals surface area contributed by atoms with Crippen molar-refractivity contribution in [2.24, 2.45) is 5.92 Å². The predicted molar refractivity (Wildman–Crippen MR) is 138 cm³/mol. The third-order valence-corrected chi connectivity index (χ3v) is 7.18. The number of alkyl halides is 2. The zero-order chi connectivity index (χ0) is 26.4. The van der Waals surface area contributed by atoms with Gasteiger partial charge in [-0.25, -0.2) is 4.39 Å². The number of non-ortho nitro benzene ring substituents is 1. The topological polar surface area (TPSA) is 101 Å². The number of nitro benzene ring substituents is 1. The monoisotopic (exact) mass is 589 g/mol. The number of carbonyl (C=O) groups excluding carboxylic acids is 2. The van der Waals surface area contributed by atoms with Gasteiger partial charge in [-0.2, -0.15) is 0 Å². The average Bonchev–Trinajstić information content (AvgIpc) is 3.37. The van der Waals surface area contributed by atoms with Gasteiger partial charge in [0.25, 0.3) is 11.6 Å². The number of anilines is 2. The molecule has 0 heterocycles. The van der Waals surface area contributed by atoms with Crippen LogP contribution in [-0.2, 0) is 4.79 Å². The van der Waals surface area contributed by atoms with Gasteiger partial charge in [0, 0.05) is 27.7 Å². The molecule has 0 aliphatic heterocycles. The lowest BCUT2D eigenvalue weighted by atomic mass is 10.1. The number of halogens is 6. The number of amides is 2. The van der Waals surface area contributed by atoms with Crippen molar-refractivity contribution >= 4 is 86.9 Å². The van der Waals surface area contributed by atoms with E-state index >= 15 is 0 Å². The minimum absolute atomic E-state index is 0.0229. The summed E-state index contributed by atoms with van der Waals surface area (Å²) in [5, 5.41) is 16.5. The number of hydrogen-bond acceptors (Lipinski definition) is 4. The largest absolute Gasteiger partial charge is 0.326 e. The number of hydrogen-bond donors (Lipinski definition) is 2. The summed E-state index contributed by atoms with van der Waals surface area (Å²) in [7, 11) is 0. The summed E-state index contributed by atoms with van der Waals surface area (Å²) < 4.78 is 12.8. The molecule has 36 heavy (non-hydrogen) atoms. The summed E-state index contributed by atoms with van der Waals surface area (Å²) in [6.07, 6.45) is 0. The van der Waals surface area contributed by atoms with Crippen molar-refractivity contribution in [3.8, 4) is 0 Å². The van der Waals surface area contributed by atoms with Crippen molar-refractivity contribution in [3.63, 3.8) is 0 Å². The first-order valence-electron chi connectivity index (χ1n) is 10.1. The Morgan fingerprint density at radius 3 is 2.22 bits per heavy atom. The van der Waals surface area contributed by atoms with Crippen LogP contribution in [0.15, 0.2) is 54.6 Å². The predicted octanol–water partition coefficient (Wildman–Crippen LogP) is 7.47. The van der Waals surface area contributed by atoms with Crippen molar-refractivity contribution in [1.29, 1.82) is 0 Å². The molecular formula is C23H13Cl5FN3O4. The van der Waals surface area contributed by atoms with E-state index in [0.717, 1.165) is 12.1 Å². The third kappa shape index (κ3) is 5.38. The third-order valence-electron chi connectivity index (χ3n) is 5.47. The van der Waals surface area contributed by atoms with Crippen LogP contribution in [0.4, 0.5) is 21.5 Å². The molecule has 1 aliphatic rings. The van der Waals surface area contributed by atoms with Crippen LogP contribution in [0, 0.1) is 21.8 Å². The van der Waals surface area contributed by atoms with Crippen LogP contribution in [0.25, 0.3) is 0 Å². The molecule has 2 atom stereocenters. The van der Waals surface area contributed by atoms with E-state index in [-0.39, 0.29) is 22.0 Å². The zero-order valence-electron chi connectivity index (χ0n) is 17.7. The average molecular weight is 592 g/mol. The first-order valence-corrected chi connectivity index (χ1v) is 12.0. The molecule has 0 bridgehead atoms. The molecule has 1 saturated carbocycles. The molecule has 0 aromatic heterocycles. The van der Waals surface area contributed by atoms with Gasteiger partial charge in [0.05, 0.1) is 33.2 Å². The Morgan fingerprint density at radius 2 is 1.61 bits per heavy atom. The summed E-state index contributed by atoms with van der Waals surface area (Å²) in [5.74, 6) is -3.73. The molecule has 2 N–H and O–H groups in total. The van der Waals surface area contributed by atoms with E-state index in [9.17, 15) is 24.1 Å². The van der Waals surface area contributed by atoms with Crippen LogP contribution in [0.2, 0.25) is 15.1 Å². The van der Waals surface area contributed by atoms with E-state index < -0.39 is 44.4 Å². The summed E-state index contributed by atoms with van der Waals surface area (Å²) in [4.78, 5) is 35.7. The van der Waals surface area contributed by atoms with Crippen molar-refractivity contribution in [2.45, 2.75) is 10.3 Å². The van der Waals surface area contributed by atoms with Gasteiger partial charge in [-0.15, -0.1) is 23.2 Å². The fraction of sp³-hybridized carbons (Fsp3) is 0.130. The number of rotatable bonds is 6. The van der Waals surface area contributed by atoms with Crippen LogP contribution in [0.1, 0.15) is 21.8 Å². The molecule has 1 aliphatic carbocycles. The van der Waals surface area contributed by atoms with Crippen molar-refractivity contribution < 1.29 is 18.9 Å². The Bertz CT molecular complexity index is 1400. The van der Waals surface area contributed by atoms with E-state index in [1.54, 1.807) is 12.1 Å². The fourth-order valence-electron chi connectivity index (χ4n) is 3.73. The second-order valence-corrected chi connectivity index (χ2v) is 10.6. The molecule has 3 aromatic rings. The molecule has 0 radical (unpaired) electrons. The van der Waals surface area contributed by atoms with E-state index in [0.29, 0.717) is 21.7 Å². The zero-order valence-corrected chi connectivity index (χ0v) is 21.5. The Morgan fingerprint density at radius 1 is 0.944 bits per heavy atom. The van der Waals surface area contributed by atoms with Crippen LogP contribution in [-0.4, -0.2) is 21.1 Å². The molecule has 4 rings (SSSR count). The van der Waals surface area contributed by atoms with Crippen molar-refractivity contribution in [1.82, 2.24) is 0 Å². The molecule has 3 aromatic carbocycles. The smallest absolute Gasteiger partial charge is 0.272 e. The lowest BCUT2D eigenvalue weighted by molar-refractivity contribution is -0.385. The molecule has 13 heteroatoms. The van der Waals surface area contributed by atoms with Gasteiger partial charge < -0.3 is 10.6 Å². The van der Waals surface area contributed by atoms with Crippen molar-refractivity contribution in [3.05, 3.63) is 96.7 Å². The molecule has 0 saturated heterocycles. The van der Waals surface area contributed by atoms with Gasteiger partial charge in [0.1, 0.15) is 4.33 Å². The van der Waals surface area contributed by atoms with E-state index in [2.05, 4.69) is 10.6 Å². The van der Waals surface area contributed by atoms with Crippen LogP contribution < -0.4 is 10.6 Å². The number of nitrogens with one attached hydrogen (secondary N) is 2. The molecule has 186 valence electrons. The Labute approximate surface area is 228 Å². The summed E-state index contributed by atoms with van der Waals surface area (Å²) in [6, 6.07) is 11.7. The maximum atomic E-state index is 14.2. The summed E-state index contributed by atoms with van der Waals surface area (Å²) in [5.41, 5.74) is -0.0340. The number of nitrogens with zero attached hydrogens (tertiary/aromatic N) is 1. The second kappa shape index (κ2) is 10.0. The van der Waals surface area contributed by atoms with E-state index in [1.165, 1.54) is 24.3 Å². The van der Waals surface area contributed by atoms with Crippen LogP contribution in [0.5, 0.6) is 0 Å². The highest BCUT2D eigenvalue weighted by Crippen LogP contribution is 2.65. The minimum atomic E-state index is -1.40. The summed E-state index contributed by atoms with van der Waals surface area (Å²) >= 11 is 31.0. The van der Waals surface area contributed by atoms with Crippen LogP contribution in [0.3, 0.4) is 0 Å². The number of carbonyl (C=O) groups is 2. The second-order valence-electron chi connectivity index (χ2n) is 7.89. The number of nitro groups is 1. The lowest BCUT2D eigenvalue weighted by Gasteiger charge is -2.11. The highest BCUT2D eigenvalue weighted by molar-refractivity contribution is 6.53. The highest BCUT2D eigenvalue weighted by atomic mass is 35.5. The van der Waals surface area contributed by atoms with Gasteiger partial charge in [0.2, 0.25) is 5.91 Å². The highest BCUT2D eigenvalue weighted by Gasteiger charge is 2.67. The molecule has 2 unspecified atom stereocenters. The van der Waals surface area contributed by atoms with Gasteiger partial charge in [-0.05, 0) is 48.0 Å². The van der Waals surface area contributed by atoms with Gasteiger partial charge in [0.15, 0.2) is 5.82 Å². The van der Waals surface area contributed by atoms with E-state index in [4.69, 9.17) is 58.0 Å². The maximum absolute atomic E-state index is 14.2. The van der Waals surface area contributed by atoms with Gasteiger partial charge >= 0.3 is 0 Å². The minimum Gasteiger partial charge on any atom is -0.326 e. The maximum Gasteiger partial charge on any atom is 0.272 e. The quantitative estimate of drug-likeness (QED) is 0.176. The lowest BCUT2D eigenvalue weighted by Crippen LogP contribution is -2.18. The van der Waals surface area contributed by atoms with Crippen molar-refractivity contribution in [2.75, 3.05) is 10.6 Å². The Hall–Kier alpha value is -2.62. The molecule has 1 fully saturated rings. The fourth-order valence-corrected chi connectivity index (χ4v) is 5.30. The molecule has 0 spiro atoms. The van der Waals surface area contributed by atoms with E-state index in [1.807, 2.05) is 0 Å². The molecule has 2 amide bonds. The Kier molecular flexibility index (Phi) is 7.37. The molecular weight excluding hydrogens is 579 g/mol. The SMILES string of the molecule is O=C(Nc1ccc([N+](=O)[O-])cc1F)c1cc(NC(=O)C2C(c3cc(Cl)cc(Cl)c3)C2(Cl)Cl)ccc1Cl. The van der Waals surface area contributed by atoms with Gasteiger partial charge in [-0.3, -0.25) is 19.7 Å². The van der Waals surface area contributed by atoms with Gasteiger partial charge in [-0.1, -0.05) is 34.8 Å². The Balaban J connectivity index is 1.51. The summed E-state index contributed by atoms with van der Waals surface area (Å²) in [6.45, 7) is 0. The first kappa shape index (κ1) is 26.4. The first-order chi connectivity index (χ1) is 16.9. The normalized spacial score (nSPS) is 17.8.